The Labute approximate surface area is 117 Å². The minimum atomic E-state index is -0.735. The number of nitrogens with one attached hydrogen (secondary N) is 1. The summed E-state index contributed by atoms with van der Waals surface area (Å²) in [4.78, 5) is 36.4. The molecular weight excluding hydrogens is 287 g/mol. The van der Waals surface area contributed by atoms with Crippen molar-refractivity contribution < 1.29 is 9.18 Å². The normalized spacial score (nSPS) is 10.5. The van der Waals surface area contributed by atoms with Gasteiger partial charge in [-0.1, -0.05) is 29.8 Å². The van der Waals surface area contributed by atoms with Gasteiger partial charge in [0.2, 0.25) is 0 Å². The number of aromatic nitrogens is 2. The molecule has 1 heterocycles. The summed E-state index contributed by atoms with van der Waals surface area (Å²) in [7, 11) is 0. The highest BCUT2D eigenvalue weighted by Gasteiger charge is 2.10. The average Bonchev–Trinajstić information content (AvgIpc) is 2.39. The number of hydrogen-bond donors (Lipinski definition) is 1. The number of ketones is 1. The predicted molar refractivity (Wildman–Crippen MR) is 71.4 cm³/mol. The van der Waals surface area contributed by atoms with Crippen molar-refractivity contribution in [1.82, 2.24) is 9.55 Å². The van der Waals surface area contributed by atoms with E-state index in [1.165, 1.54) is 18.2 Å². The van der Waals surface area contributed by atoms with Crippen LogP contribution in [0, 0.1) is 5.82 Å². The van der Waals surface area contributed by atoms with Crippen LogP contribution in [0.2, 0.25) is 5.02 Å². The summed E-state index contributed by atoms with van der Waals surface area (Å²) in [5.41, 5.74) is -1.20. The number of rotatable bonds is 4. The molecule has 2 rings (SSSR count). The quantitative estimate of drug-likeness (QED) is 0.919. The molecule has 0 atom stereocenters. The van der Waals surface area contributed by atoms with Crippen LogP contribution in [0.15, 0.2) is 40.1 Å². The number of nitrogens with zero attached hydrogens (tertiary/aromatic N) is 1. The molecule has 5 nitrogen and oxygen atoms in total. The number of H-pyrrole nitrogens is 1. The minimum absolute atomic E-state index is 0.143. The first-order valence-electron chi connectivity index (χ1n) is 5.72. The van der Waals surface area contributed by atoms with Gasteiger partial charge < -0.3 is 0 Å². The lowest BCUT2D eigenvalue weighted by atomic mass is 10.1. The molecule has 0 amide bonds. The highest BCUT2D eigenvalue weighted by atomic mass is 35.5. The number of carbonyl (C=O) groups excluding carboxylic acids is 1. The summed E-state index contributed by atoms with van der Waals surface area (Å²) in [5, 5.41) is -0.191. The maximum atomic E-state index is 13.4. The summed E-state index contributed by atoms with van der Waals surface area (Å²) in [6.45, 7) is -0.288. The highest BCUT2D eigenvalue weighted by Crippen LogP contribution is 2.08. The molecule has 1 aromatic carbocycles. The van der Waals surface area contributed by atoms with Crippen LogP contribution in [0.5, 0.6) is 0 Å². The zero-order chi connectivity index (χ0) is 14.7. The topological polar surface area (TPSA) is 71.9 Å². The molecule has 0 fully saturated rings. The van der Waals surface area contributed by atoms with Gasteiger partial charge in [-0.05, 0) is 11.6 Å². The second kappa shape index (κ2) is 5.83. The Morgan fingerprint density at radius 3 is 2.70 bits per heavy atom. The number of benzene rings is 1. The van der Waals surface area contributed by atoms with Crippen molar-refractivity contribution in [1.29, 1.82) is 0 Å². The number of halogens is 2. The van der Waals surface area contributed by atoms with Crippen molar-refractivity contribution in [2.45, 2.75) is 13.0 Å². The van der Waals surface area contributed by atoms with Gasteiger partial charge in [0.05, 0.1) is 6.54 Å². The van der Waals surface area contributed by atoms with Gasteiger partial charge in [0.1, 0.15) is 10.8 Å². The lowest BCUT2D eigenvalue weighted by molar-refractivity contribution is -0.119. The standard InChI is InChI=1S/C13H10ClFN2O3/c14-10-7-17(13(20)16-12(10)19)6-9(18)5-8-3-1-2-4-11(8)15/h1-4,7H,5-6H2,(H,16,19,20). The fourth-order valence-electron chi connectivity index (χ4n) is 1.70. The van der Waals surface area contributed by atoms with E-state index in [9.17, 15) is 18.8 Å². The van der Waals surface area contributed by atoms with Gasteiger partial charge in [-0.15, -0.1) is 0 Å². The largest absolute Gasteiger partial charge is 0.328 e. The molecule has 104 valence electrons. The number of aromatic amines is 1. The van der Waals surface area contributed by atoms with Gasteiger partial charge >= 0.3 is 5.69 Å². The van der Waals surface area contributed by atoms with Crippen molar-refractivity contribution >= 4 is 17.4 Å². The third-order valence-corrected chi connectivity index (χ3v) is 2.93. The van der Waals surface area contributed by atoms with Gasteiger partial charge in [0.15, 0.2) is 5.78 Å². The fraction of sp³-hybridized carbons (Fsp3) is 0.154. The van der Waals surface area contributed by atoms with Gasteiger partial charge in [0, 0.05) is 12.6 Å². The van der Waals surface area contributed by atoms with Crippen molar-refractivity contribution in [3.63, 3.8) is 0 Å². The van der Waals surface area contributed by atoms with Crippen LogP contribution in [0.3, 0.4) is 0 Å². The Morgan fingerprint density at radius 2 is 2.00 bits per heavy atom. The van der Waals surface area contributed by atoms with Gasteiger partial charge in [-0.25, -0.2) is 9.18 Å². The summed E-state index contributed by atoms with van der Waals surface area (Å²) >= 11 is 5.58. The number of carbonyl (C=O) groups is 1. The molecule has 1 aromatic heterocycles. The molecule has 20 heavy (non-hydrogen) atoms. The molecule has 0 aliphatic rings. The maximum absolute atomic E-state index is 13.4. The van der Waals surface area contributed by atoms with Crippen LogP contribution in [-0.4, -0.2) is 15.3 Å². The van der Waals surface area contributed by atoms with Crippen LogP contribution in [0.4, 0.5) is 4.39 Å². The van der Waals surface area contributed by atoms with E-state index in [4.69, 9.17) is 11.6 Å². The fourth-order valence-corrected chi connectivity index (χ4v) is 1.87. The van der Waals surface area contributed by atoms with Crippen molar-refractivity contribution in [2.75, 3.05) is 0 Å². The minimum Gasteiger partial charge on any atom is -0.297 e. The molecule has 0 spiro atoms. The molecule has 0 aliphatic carbocycles. The average molecular weight is 297 g/mol. The second-order valence-corrected chi connectivity index (χ2v) is 4.58. The third-order valence-electron chi connectivity index (χ3n) is 2.66. The van der Waals surface area contributed by atoms with Crippen LogP contribution in [0.25, 0.3) is 0 Å². The second-order valence-electron chi connectivity index (χ2n) is 4.17. The Balaban J connectivity index is 2.17. The molecule has 0 saturated carbocycles. The first kappa shape index (κ1) is 14.2. The Kier molecular flexibility index (Phi) is 4.14. The molecular formula is C13H10ClFN2O3. The van der Waals surface area contributed by atoms with Gasteiger partial charge in [-0.2, -0.15) is 0 Å². The first-order chi connectivity index (χ1) is 9.47. The molecule has 0 radical (unpaired) electrons. The molecule has 7 heteroatoms. The Morgan fingerprint density at radius 1 is 1.30 bits per heavy atom. The van der Waals surface area contributed by atoms with E-state index >= 15 is 0 Å². The zero-order valence-corrected chi connectivity index (χ0v) is 11.0. The van der Waals surface area contributed by atoms with Crippen molar-refractivity contribution in [3.8, 4) is 0 Å². The smallest absolute Gasteiger partial charge is 0.297 e. The summed E-state index contributed by atoms with van der Waals surface area (Å²) in [6.07, 6.45) is 0.942. The number of hydrogen-bond acceptors (Lipinski definition) is 3. The Bertz CT molecular complexity index is 767. The Hall–Kier alpha value is -2.21. The van der Waals surface area contributed by atoms with Crippen LogP contribution >= 0.6 is 11.6 Å². The SMILES string of the molecule is O=C(Cc1ccccc1F)Cn1cc(Cl)c(=O)[nH]c1=O. The number of Topliss-reactive ketones (excluding diaryl/α,β-unsaturated/α-hetero) is 1. The van der Waals surface area contributed by atoms with Gasteiger partial charge in [-0.3, -0.25) is 19.1 Å². The summed E-state index contributed by atoms with van der Waals surface area (Å²) in [6, 6.07) is 5.89. The van der Waals surface area contributed by atoms with E-state index in [0.29, 0.717) is 0 Å². The van der Waals surface area contributed by atoms with Crippen LogP contribution in [-0.2, 0) is 17.8 Å². The first-order valence-corrected chi connectivity index (χ1v) is 6.09. The maximum Gasteiger partial charge on any atom is 0.328 e. The lowest BCUT2D eigenvalue weighted by Gasteiger charge is -2.05. The molecule has 0 saturated heterocycles. The molecule has 2 aromatic rings. The van der Waals surface area contributed by atoms with Crippen LogP contribution < -0.4 is 11.2 Å². The van der Waals surface area contributed by atoms with E-state index in [2.05, 4.69) is 0 Å². The lowest BCUT2D eigenvalue weighted by Crippen LogP contribution is -2.32. The third kappa shape index (κ3) is 3.21. The van der Waals surface area contributed by atoms with E-state index in [0.717, 1.165) is 10.8 Å². The van der Waals surface area contributed by atoms with E-state index < -0.39 is 17.1 Å². The molecule has 0 aliphatic heterocycles. The van der Waals surface area contributed by atoms with Crippen LogP contribution in [0.1, 0.15) is 5.56 Å². The summed E-state index contributed by atoms with van der Waals surface area (Å²) < 4.78 is 14.4. The molecule has 0 unspecified atom stereocenters. The van der Waals surface area contributed by atoms with E-state index in [1.54, 1.807) is 6.07 Å². The molecule has 1 N–H and O–H groups in total. The van der Waals surface area contributed by atoms with E-state index in [1.807, 2.05) is 4.98 Å². The van der Waals surface area contributed by atoms with Crippen molar-refractivity contribution in [2.24, 2.45) is 0 Å². The van der Waals surface area contributed by atoms with Crippen molar-refractivity contribution in [3.05, 3.63) is 67.7 Å². The predicted octanol–water partition coefficient (Wildman–Crippen LogP) is 1.14. The highest BCUT2D eigenvalue weighted by molar-refractivity contribution is 6.30. The molecule has 0 bridgehead atoms. The zero-order valence-electron chi connectivity index (χ0n) is 10.2. The monoisotopic (exact) mass is 296 g/mol. The van der Waals surface area contributed by atoms with Gasteiger partial charge in [0.25, 0.3) is 5.56 Å². The van der Waals surface area contributed by atoms with E-state index in [-0.39, 0.29) is 29.3 Å². The summed E-state index contributed by atoms with van der Waals surface area (Å²) in [5.74, 6) is -0.854.